The van der Waals surface area contributed by atoms with E-state index in [-0.39, 0.29) is 16.6 Å². The van der Waals surface area contributed by atoms with Gasteiger partial charge in [-0.15, -0.1) is 0 Å². The molecule has 1 rings (SSSR count). The van der Waals surface area contributed by atoms with Gasteiger partial charge in [-0.2, -0.15) is 0 Å². The summed E-state index contributed by atoms with van der Waals surface area (Å²) in [5.41, 5.74) is 0.685. The van der Waals surface area contributed by atoms with Crippen LogP contribution in [0, 0.1) is 18.7 Å². The fourth-order valence-electron chi connectivity index (χ4n) is 1.64. The van der Waals surface area contributed by atoms with Crippen LogP contribution in [-0.2, 0) is 16.6 Å². The van der Waals surface area contributed by atoms with Gasteiger partial charge in [0.25, 0.3) is 0 Å². The van der Waals surface area contributed by atoms with Gasteiger partial charge in [-0.1, -0.05) is 13.8 Å². The summed E-state index contributed by atoms with van der Waals surface area (Å²) in [4.78, 5) is 0.109. The van der Waals surface area contributed by atoms with E-state index in [0.29, 0.717) is 24.2 Å². The van der Waals surface area contributed by atoms with Crippen LogP contribution < -0.4 is 10.0 Å². The molecule has 1 aromatic rings. The largest absolute Gasteiger partial charge is 0.316 e. The lowest BCUT2D eigenvalue weighted by Gasteiger charge is -2.12. The molecule has 6 heteroatoms. The molecule has 4 nitrogen and oxygen atoms in total. The summed E-state index contributed by atoms with van der Waals surface area (Å²) in [5, 5.41) is 2.83. The molecular formula is C13H21FN2O2S. The minimum Gasteiger partial charge on any atom is -0.316 e. The van der Waals surface area contributed by atoms with E-state index in [1.54, 1.807) is 14.0 Å². The highest BCUT2D eigenvalue weighted by Gasteiger charge is 2.18. The van der Waals surface area contributed by atoms with Gasteiger partial charge in [-0.25, -0.2) is 17.5 Å². The molecule has 0 aliphatic rings. The predicted octanol–water partition coefficient (Wildman–Crippen LogP) is 1.79. The second kappa shape index (κ2) is 6.45. The van der Waals surface area contributed by atoms with Crippen molar-refractivity contribution >= 4 is 10.0 Å². The lowest BCUT2D eigenvalue weighted by atomic mass is 10.1. The van der Waals surface area contributed by atoms with Gasteiger partial charge < -0.3 is 5.32 Å². The van der Waals surface area contributed by atoms with Gasteiger partial charge in [0.1, 0.15) is 5.82 Å². The molecule has 0 atom stereocenters. The summed E-state index contributed by atoms with van der Waals surface area (Å²) in [6, 6.07) is 2.73. The van der Waals surface area contributed by atoms with Crippen LogP contribution in [0.15, 0.2) is 17.0 Å². The van der Waals surface area contributed by atoms with Crippen LogP contribution in [-0.4, -0.2) is 22.0 Å². The number of nitrogens with one attached hydrogen (secondary N) is 2. The molecule has 0 saturated heterocycles. The van der Waals surface area contributed by atoms with Crippen LogP contribution in [0.3, 0.4) is 0 Å². The van der Waals surface area contributed by atoms with E-state index in [0.717, 1.165) is 0 Å². The number of aryl methyl sites for hydroxylation is 1. The zero-order chi connectivity index (χ0) is 14.6. The molecule has 0 aliphatic heterocycles. The second-order valence-corrected chi connectivity index (χ2v) is 6.76. The summed E-state index contributed by atoms with van der Waals surface area (Å²) in [5.74, 6) is -0.148. The van der Waals surface area contributed by atoms with Crippen LogP contribution in [0.1, 0.15) is 25.0 Å². The van der Waals surface area contributed by atoms with Crippen LogP contribution >= 0.6 is 0 Å². The molecular weight excluding hydrogens is 267 g/mol. The van der Waals surface area contributed by atoms with E-state index in [2.05, 4.69) is 10.0 Å². The number of hydrogen-bond acceptors (Lipinski definition) is 3. The van der Waals surface area contributed by atoms with Crippen molar-refractivity contribution in [2.45, 2.75) is 32.2 Å². The smallest absolute Gasteiger partial charge is 0.240 e. The second-order valence-electron chi connectivity index (χ2n) is 4.99. The van der Waals surface area contributed by atoms with Gasteiger partial charge in [-0.3, -0.25) is 0 Å². The van der Waals surface area contributed by atoms with E-state index in [4.69, 9.17) is 0 Å². The molecule has 19 heavy (non-hydrogen) atoms. The Morgan fingerprint density at radius 3 is 2.47 bits per heavy atom. The molecule has 108 valence electrons. The number of rotatable bonds is 6. The van der Waals surface area contributed by atoms with Crippen LogP contribution in [0.4, 0.5) is 4.39 Å². The Labute approximate surface area is 114 Å². The molecule has 0 saturated carbocycles. The quantitative estimate of drug-likeness (QED) is 0.839. The van der Waals surface area contributed by atoms with Gasteiger partial charge in [0, 0.05) is 18.7 Å². The first-order valence-corrected chi connectivity index (χ1v) is 7.69. The Balaban J connectivity index is 3.13. The first-order chi connectivity index (χ1) is 8.77. The van der Waals surface area contributed by atoms with Gasteiger partial charge in [0.15, 0.2) is 0 Å². The van der Waals surface area contributed by atoms with Crippen molar-refractivity contribution in [2.75, 3.05) is 13.6 Å². The first-order valence-electron chi connectivity index (χ1n) is 6.21. The standard InChI is InChI=1S/C13H21FN2O2S/c1-9(2)7-16-19(17,18)12-5-10(3)13(14)11(6-12)8-15-4/h5-6,9,15-16H,7-8H2,1-4H3. The number of benzene rings is 1. The fourth-order valence-corrected chi connectivity index (χ4v) is 2.99. The molecule has 0 spiro atoms. The van der Waals surface area contributed by atoms with Crippen molar-refractivity contribution in [2.24, 2.45) is 5.92 Å². The Morgan fingerprint density at radius 1 is 1.32 bits per heavy atom. The highest BCUT2D eigenvalue weighted by Crippen LogP contribution is 2.19. The minimum atomic E-state index is -3.58. The Kier molecular flexibility index (Phi) is 5.46. The van der Waals surface area contributed by atoms with E-state index in [1.165, 1.54) is 12.1 Å². The fraction of sp³-hybridized carbons (Fsp3) is 0.538. The van der Waals surface area contributed by atoms with Crippen molar-refractivity contribution < 1.29 is 12.8 Å². The van der Waals surface area contributed by atoms with Crippen molar-refractivity contribution in [3.05, 3.63) is 29.1 Å². The molecule has 0 unspecified atom stereocenters. The summed E-state index contributed by atoms with van der Waals surface area (Å²) in [6.45, 7) is 6.06. The molecule has 1 aromatic carbocycles. The molecule has 0 amide bonds. The summed E-state index contributed by atoms with van der Waals surface area (Å²) in [6.07, 6.45) is 0. The van der Waals surface area contributed by atoms with Crippen LogP contribution in [0.5, 0.6) is 0 Å². The zero-order valence-electron chi connectivity index (χ0n) is 11.7. The predicted molar refractivity (Wildman–Crippen MR) is 73.9 cm³/mol. The molecule has 0 aliphatic carbocycles. The van der Waals surface area contributed by atoms with Gasteiger partial charge >= 0.3 is 0 Å². The van der Waals surface area contributed by atoms with E-state index < -0.39 is 10.0 Å². The summed E-state index contributed by atoms with van der Waals surface area (Å²) < 4.78 is 40.5. The van der Waals surface area contributed by atoms with Crippen LogP contribution in [0.25, 0.3) is 0 Å². The lowest BCUT2D eigenvalue weighted by Crippen LogP contribution is -2.28. The number of hydrogen-bond donors (Lipinski definition) is 2. The number of sulfonamides is 1. The average Bonchev–Trinajstić information content (AvgIpc) is 2.32. The van der Waals surface area contributed by atoms with Crippen molar-refractivity contribution in [1.29, 1.82) is 0 Å². The van der Waals surface area contributed by atoms with Gasteiger partial charge in [0.05, 0.1) is 4.90 Å². The maximum absolute atomic E-state index is 13.8. The third-order valence-corrected chi connectivity index (χ3v) is 4.07. The van der Waals surface area contributed by atoms with Crippen LogP contribution in [0.2, 0.25) is 0 Å². The third-order valence-electron chi connectivity index (χ3n) is 2.66. The average molecular weight is 288 g/mol. The van der Waals surface area contributed by atoms with Gasteiger partial charge in [0.2, 0.25) is 10.0 Å². The van der Waals surface area contributed by atoms with Gasteiger partial charge in [-0.05, 0) is 37.6 Å². The highest BCUT2D eigenvalue weighted by molar-refractivity contribution is 7.89. The summed E-state index contributed by atoms with van der Waals surface area (Å²) in [7, 11) is -1.89. The van der Waals surface area contributed by atoms with E-state index in [1.807, 2.05) is 13.8 Å². The maximum Gasteiger partial charge on any atom is 0.240 e. The normalized spacial score (nSPS) is 12.1. The highest BCUT2D eigenvalue weighted by atomic mass is 32.2. The molecule has 2 N–H and O–H groups in total. The maximum atomic E-state index is 13.8. The third kappa shape index (κ3) is 4.26. The lowest BCUT2D eigenvalue weighted by molar-refractivity contribution is 0.557. The Hall–Kier alpha value is -0.980. The molecule has 0 heterocycles. The van der Waals surface area contributed by atoms with Crippen molar-refractivity contribution in [3.63, 3.8) is 0 Å². The zero-order valence-corrected chi connectivity index (χ0v) is 12.6. The van der Waals surface area contributed by atoms with Crippen molar-refractivity contribution in [1.82, 2.24) is 10.0 Å². The minimum absolute atomic E-state index is 0.109. The van der Waals surface area contributed by atoms with E-state index >= 15 is 0 Å². The molecule has 0 bridgehead atoms. The Morgan fingerprint density at radius 2 is 1.95 bits per heavy atom. The molecule has 0 radical (unpaired) electrons. The Bertz CT molecular complexity index is 542. The van der Waals surface area contributed by atoms with E-state index in [9.17, 15) is 12.8 Å². The van der Waals surface area contributed by atoms with Crippen molar-refractivity contribution in [3.8, 4) is 0 Å². The molecule has 0 aromatic heterocycles. The topological polar surface area (TPSA) is 58.2 Å². The first kappa shape index (κ1) is 16.1. The monoisotopic (exact) mass is 288 g/mol. The number of halogens is 1. The SMILES string of the molecule is CNCc1cc(S(=O)(=O)NCC(C)C)cc(C)c1F. The summed E-state index contributed by atoms with van der Waals surface area (Å²) >= 11 is 0. The molecule has 0 fully saturated rings.